The van der Waals surface area contributed by atoms with Gasteiger partial charge < -0.3 is 26.6 Å². The second-order valence-electron chi connectivity index (χ2n) is 10.6. The van der Waals surface area contributed by atoms with Crippen molar-refractivity contribution in [2.24, 2.45) is 5.92 Å². The van der Waals surface area contributed by atoms with E-state index >= 15 is 0 Å². The predicted molar refractivity (Wildman–Crippen MR) is 174 cm³/mol. The van der Waals surface area contributed by atoms with Gasteiger partial charge in [0.2, 0.25) is 11.8 Å². The monoisotopic (exact) mass is 615 g/mol. The van der Waals surface area contributed by atoms with Gasteiger partial charge in [0.25, 0.3) is 11.8 Å². The van der Waals surface area contributed by atoms with E-state index in [4.69, 9.17) is 0 Å². The van der Waals surface area contributed by atoms with Crippen molar-refractivity contribution >= 4 is 23.6 Å². The quantitative estimate of drug-likeness (QED) is 0.168. The summed E-state index contributed by atoms with van der Waals surface area (Å²) in [5.41, 5.74) is 2.22. The lowest BCUT2D eigenvalue weighted by atomic mass is 10.0. The van der Waals surface area contributed by atoms with E-state index in [0.29, 0.717) is 29.7 Å². The van der Waals surface area contributed by atoms with E-state index in [2.05, 4.69) is 39.4 Å². The van der Waals surface area contributed by atoms with Crippen LogP contribution in [0.2, 0.25) is 0 Å². The molecule has 10 heteroatoms. The summed E-state index contributed by atoms with van der Waals surface area (Å²) >= 11 is 0. The second kappa shape index (κ2) is 19.3. The lowest BCUT2D eigenvalue weighted by Crippen LogP contribution is -2.52. The number of amides is 4. The Morgan fingerprint density at radius 2 is 1.42 bits per heavy atom. The Morgan fingerprint density at radius 3 is 2.07 bits per heavy atom. The zero-order valence-corrected chi connectivity index (χ0v) is 25.9. The highest BCUT2D eigenvalue weighted by atomic mass is 19.1. The molecule has 0 fully saturated rings. The predicted octanol–water partition coefficient (Wildman–Crippen LogP) is 3.21. The van der Waals surface area contributed by atoms with E-state index in [1.807, 2.05) is 51.1 Å². The van der Waals surface area contributed by atoms with E-state index in [-0.39, 0.29) is 61.0 Å². The smallest absolute Gasteiger partial charge is 0.251 e. The number of nitrogens with one attached hydrogen (secondary N) is 5. The molecule has 3 aromatic rings. The summed E-state index contributed by atoms with van der Waals surface area (Å²) in [7, 11) is 0. The van der Waals surface area contributed by atoms with E-state index < -0.39 is 6.04 Å². The van der Waals surface area contributed by atoms with Gasteiger partial charge in [-0.2, -0.15) is 0 Å². The maximum Gasteiger partial charge on any atom is 0.251 e. The molecule has 0 bridgehead atoms. The molecule has 0 aliphatic rings. The molecular weight excluding hydrogens is 573 g/mol. The molecule has 0 aliphatic carbocycles. The summed E-state index contributed by atoms with van der Waals surface area (Å²) in [5.74, 6) is -1.79. The molecule has 3 aromatic carbocycles. The maximum atomic E-state index is 13.5. The zero-order chi connectivity index (χ0) is 33.2. The van der Waals surface area contributed by atoms with Gasteiger partial charge in [0, 0.05) is 36.8 Å². The van der Waals surface area contributed by atoms with Crippen molar-refractivity contribution in [1.29, 1.82) is 0 Å². The number of halogens is 1. The molecule has 2 atom stereocenters. The van der Waals surface area contributed by atoms with Crippen molar-refractivity contribution in [1.82, 2.24) is 26.6 Å². The molecule has 2 unspecified atom stereocenters. The van der Waals surface area contributed by atoms with Crippen LogP contribution in [0.5, 0.6) is 0 Å². The van der Waals surface area contributed by atoms with Crippen molar-refractivity contribution in [2.75, 3.05) is 19.6 Å². The molecule has 9 nitrogen and oxygen atoms in total. The molecule has 4 amide bonds. The highest BCUT2D eigenvalue weighted by molar-refractivity contribution is 5.99. The molecule has 0 radical (unpaired) electrons. The Hall–Kier alpha value is -5.01. The van der Waals surface area contributed by atoms with Crippen LogP contribution in [0.25, 0.3) is 0 Å². The van der Waals surface area contributed by atoms with Gasteiger partial charge in [-0.1, -0.05) is 62.4 Å². The number of carbonyl (C=O) groups is 4. The molecule has 0 spiro atoms. The minimum atomic E-state index is -0.646. The third-order valence-electron chi connectivity index (χ3n) is 6.68. The first-order valence-electron chi connectivity index (χ1n) is 14.7. The Bertz CT molecular complexity index is 1430. The molecular formula is C35H42FN5O4. The van der Waals surface area contributed by atoms with Crippen LogP contribution in [0.1, 0.15) is 52.6 Å². The molecule has 45 heavy (non-hydrogen) atoms. The Balaban J connectivity index is 0.00000345. The minimum absolute atomic E-state index is 0.0369. The average molecular weight is 616 g/mol. The summed E-state index contributed by atoms with van der Waals surface area (Å²) in [4.78, 5) is 50.9. The van der Waals surface area contributed by atoms with Crippen molar-refractivity contribution < 1.29 is 23.6 Å². The van der Waals surface area contributed by atoms with Crippen LogP contribution in [0.4, 0.5) is 4.39 Å². The van der Waals surface area contributed by atoms with E-state index in [1.54, 1.807) is 30.3 Å². The highest BCUT2D eigenvalue weighted by Gasteiger charge is 2.23. The maximum absolute atomic E-state index is 13.5. The topological polar surface area (TPSA) is 128 Å². The average Bonchev–Trinajstić information content (AvgIpc) is 3.04. The molecule has 0 aromatic heterocycles. The number of terminal acetylenes is 1. The Labute approximate surface area is 264 Å². The number of rotatable bonds is 15. The zero-order valence-electron chi connectivity index (χ0n) is 25.9. The van der Waals surface area contributed by atoms with Crippen LogP contribution >= 0.6 is 0 Å². The van der Waals surface area contributed by atoms with Crippen LogP contribution in [0.3, 0.4) is 0 Å². The standard InChI is InChI=1S/C33H40FN5O4.C2H2/c1-4-36-33(43)30(22(2)3)39-29(40)21-35-20-28(17-23-10-6-5-7-11-23)38-32(42)26-14-9-13-25(18-26)31(41)37-19-24-12-8-15-27(34)16-24;1-2/h5-16,18,22,28,30,35H,4,17,19-21H2,1-3H3,(H,36,43)(H,37,41)(H,38,42)(H,39,40);1-2H. The van der Waals surface area contributed by atoms with Gasteiger partial charge in [-0.15, -0.1) is 12.8 Å². The number of benzene rings is 3. The van der Waals surface area contributed by atoms with Gasteiger partial charge in [0.15, 0.2) is 0 Å². The van der Waals surface area contributed by atoms with Gasteiger partial charge in [-0.3, -0.25) is 19.2 Å². The Kier molecular flexibility index (Phi) is 15.5. The van der Waals surface area contributed by atoms with Gasteiger partial charge in [0.05, 0.1) is 6.54 Å². The molecule has 0 saturated carbocycles. The van der Waals surface area contributed by atoms with Gasteiger partial charge in [-0.05, 0) is 60.7 Å². The SMILES string of the molecule is C#C.CCNC(=O)C(NC(=O)CNCC(Cc1ccccc1)NC(=O)c1cccc(C(=O)NCc2cccc(F)c2)c1)C(C)C. The third kappa shape index (κ3) is 12.6. The van der Waals surface area contributed by atoms with Gasteiger partial charge in [-0.25, -0.2) is 4.39 Å². The molecule has 5 N–H and O–H groups in total. The molecule has 3 rings (SSSR count). The van der Waals surface area contributed by atoms with Crippen LogP contribution in [-0.4, -0.2) is 55.3 Å². The van der Waals surface area contributed by atoms with E-state index in [0.717, 1.165) is 5.56 Å². The fraction of sp³-hybridized carbons (Fsp3) is 0.314. The molecule has 0 aliphatic heterocycles. The first kappa shape index (κ1) is 36.2. The largest absolute Gasteiger partial charge is 0.355 e. The van der Waals surface area contributed by atoms with Gasteiger partial charge >= 0.3 is 0 Å². The fourth-order valence-corrected chi connectivity index (χ4v) is 4.48. The van der Waals surface area contributed by atoms with Crippen LogP contribution in [-0.2, 0) is 22.6 Å². The first-order chi connectivity index (χ1) is 21.7. The summed E-state index contributed by atoms with van der Waals surface area (Å²) in [6.45, 7) is 6.41. The molecule has 0 heterocycles. The van der Waals surface area contributed by atoms with Crippen molar-refractivity contribution in [2.45, 2.75) is 45.8 Å². The first-order valence-corrected chi connectivity index (χ1v) is 14.7. The minimum Gasteiger partial charge on any atom is -0.355 e. The second-order valence-corrected chi connectivity index (χ2v) is 10.6. The van der Waals surface area contributed by atoms with Crippen molar-refractivity contribution in [3.63, 3.8) is 0 Å². The fourth-order valence-electron chi connectivity index (χ4n) is 4.48. The van der Waals surface area contributed by atoms with Crippen LogP contribution < -0.4 is 26.6 Å². The van der Waals surface area contributed by atoms with Crippen LogP contribution in [0.15, 0.2) is 78.9 Å². The van der Waals surface area contributed by atoms with E-state index in [1.165, 1.54) is 18.2 Å². The van der Waals surface area contributed by atoms with Crippen molar-refractivity contribution in [3.8, 4) is 12.8 Å². The molecule has 0 saturated heterocycles. The highest BCUT2D eigenvalue weighted by Crippen LogP contribution is 2.09. The van der Waals surface area contributed by atoms with Crippen LogP contribution in [0, 0.1) is 24.6 Å². The summed E-state index contributed by atoms with van der Waals surface area (Å²) in [5, 5.41) is 14.4. The normalized spacial score (nSPS) is 11.7. The van der Waals surface area contributed by atoms with Crippen molar-refractivity contribution in [3.05, 3.63) is 107 Å². The number of carbonyl (C=O) groups excluding carboxylic acids is 4. The summed E-state index contributed by atoms with van der Waals surface area (Å²) in [6, 6.07) is 20.9. The third-order valence-corrected chi connectivity index (χ3v) is 6.68. The molecule has 238 valence electrons. The lowest BCUT2D eigenvalue weighted by Gasteiger charge is -2.23. The lowest BCUT2D eigenvalue weighted by molar-refractivity contribution is -0.129. The number of hydrogen-bond acceptors (Lipinski definition) is 5. The number of likely N-dealkylation sites (N-methyl/N-ethyl adjacent to an activating group) is 1. The van der Waals surface area contributed by atoms with Gasteiger partial charge in [0.1, 0.15) is 11.9 Å². The number of hydrogen-bond donors (Lipinski definition) is 5. The summed E-state index contributed by atoms with van der Waals surface area (Å²) < 4.78 is 13.5. The summed E-state index contributed by atoms with van der Waals surface area (Å²) in [6.07, 6.45) is 8.50. The van der Waals surface area contributed by atoms with E-state index in [9.17, 15) is 23.6 Å². The Morgan fingerprint density at radius 1 is 0.778 bits per heavy atom.